The third kappa shape index (κ3) is 4.06. The van der Waals surface area contributed by atoms with Gasteiger partial charge in [0.05, 0.1) is 11.1 Å². The lowest BCUT2D eigenvalue weighted by Gasteiger charge is -2.14. The molecule has 0 aliphatic heterocycles. The molecule has 1 unspecified atom stereocenters. The number of aromatic nitrogens is 2. The Morgan fingerprint density at radius 2 is 1.74 bits per heavy atom. The van der Waals surface area contributed by atoms with Crippen molar-refractivity contribution in [1.82, 2.24) is 9.97 Å². The van der Waals surface area contributed by atoms with Crippen LogP contribution in [-0.4, -0.2) is 33.9 Å². The SMILES string of the molecule is CC(OC(=O)c1cccc2nccnc12)C(=O)Nc1ccc(C(N)=O)cc1. The minimum Gasteiger partial charge on any atom is -0.449 e. The van der Waals surface area contributed by atoms with Gasteiger partial charge in [0, 0.05) is 23.6 Å². The molecule has 27 heavy (non-hydrogen) atoms. The first-order valence-corrected chi connectivity index (χ1v) is 8.07. The molecule has 8 nitrogen and oxygen atoms in total. The summed E-state index contributed by atoms with van der Waals surface area (Å²) in [5.74, 6) is -1.75. The third-order valence-corrected chi connectivity index (χ3v) is 3.81. The number of anilines is 1. The summed E-state index contributed by atoms with van der Waals surface area (Å²) in [7, 11) is 0. The van der Waals surface area contributed by atoms with Crippen molar-refractivity contribution in [2.24, 2.45) is 5.73 Å². The smallest absolute Gasteiger partial charge is 0.341 e. The Morgan fingerprint density at radius 1 is 1.04 bits per heavy atom. The number of nitrogens with zero attached hydrogens (tertiary/aromatic N) is 2. The lowest BCUT2D eigenvalue weighted by Crippen LogP contribution is -2.30. The predicted octanol–water partition coefficient (Wildman–Crippen LogP) is 1.91. The van der Waals surface area contributed by atoms with E-state index >= 15 is 0 Å². The second-order valence-electron chi connectivity index (χ2n) is 5.71. The van der Waals surface area contributed by atoms with Gasteiger partial charge >= 0.3 is 5.97 Å². The number of fused-ring (bicyclic) bond motifs is 1. The van der Waals surface area contributed by atoms with Gasteiger partial charge < -0.3 is 15.8 Å². The minimum absolute atomic E-state index is 0.228. The zero-order valence-corrected chi connectivity index (χ0v) is 14.4. The topological polar surface area (TPSA) is 124 Å². The van der Waals surface area contributed by atoms with Crippen LogP contribution in [-0.2, 0) is 9.53 Å². The molecular formula is C19H16N4O4. The number of carbonyl (C=O) groups excluding carboxylic acids is 3. The fourth-order valence-corrected chi connectivity index (χ4v) is 2.40. The Balaban J connectivity index is 1.68. The van der Waals surface area contributed by atoms with Gasteiger partial charge in [0.1, 0.15) is 5.52 Å². The molecular weight excluding hydrogens is 348 g/mol. The van der Waals surface area contributed by atoms with Crippen LogP contribution in [0.2, 0.25) is 0 Å². The van der Waals surface area contributed by atoms with Crippen molar-refractivity contribution >= 4 is 34.5 Å². The summed E-state index contributed by atoms with van der Waals surface area (Å²) in [5, 5.41) is 2.61. The van der Waals surface area contributed by atoms with Crippen molar-refractivity contribution < 1.29 is 19.1 Å². The van der Waals surface area contributed by atoms with Gasteiger partial charge in [-0.05, 0) is 43.3 Å². The van der Waals surface area contributed by atoms with E-state index in [9.17, 15) is 14.4 Å². The van der Waals surface area contributed by atoms with Gasteiger partial charge in [0.15, 0.2) is 6.10 Å². The van der Waals surface area contributed by atoms with E-state index in [0.29, 0.717) is 22.3 Å². The summed E-state index contributed by atoms with van der Waals surface area (Å²) in [6, 6.07) is 11.0. The highest BCUT2D eigenvalue weighted by atomic mass is 16.5. The van der Waals surface area contributed by atoms with Gasteiger partial charge in [-0.3, -0.25) is 19.6 Å². The molecule has 0 saturated heterocycles. The molecule has 8 heteroatoms. The van der Waals surface area contributed by atoms with E-state index in [2.05, 4.69) is 15.3 Å². The highest BCUT2D eigenvalue weighted by Gasteiger charge is 2.21. The first kappa shape index (κ1) is 18.0. The molecule has 0 aliphatic rings. The molecule has 3 rings (SSSR count). The van der Waals surface area contributed by atoms with Gasteiger partial charge in [-0.25, -0.2) is 4.79 Å². The largest absolute Gasteiger partial charge is 0.449 e. The molecule has 1 aromatic heterocycles. The van der Waals surface area contributed by atoms with Crippen molar-refractivity contribution in [2.75, 3.05) is 5.32 Å². The number of amides is 2. The molecule has 1 heterocycles. The highest BCUT2D eigenvalue weighted by molar-refractivity contribution is 6.03. The number of hydrogen-bond acceptors (Lipinski definition) is 6. The number of primary amides is 1. The third-order valence-electron chi connectivity index (χ3n) is 3.81. The molecule has 0 spiro atoms. The van der Waals surface area contributed by atoms with Crippen LogP contribution in [0.1, 0.15) is 27.6 Å². The highest BCUT2D eigenvalue weighted by Crippen LogP contribution is 2.16. The molecule has 0 bridgehead atoms. The lowest BCUT2D eigenvalue weighted by molar-refractivity contribution is -0.123. The summed E-state index contributed by atoms with van der Waals surface area (Å²) in [6.45, 7) is 1.46. The van der Waals surface area contributed by atoms with Crippen LogP contribution >= 0.6 is 0 Å². The minimum atomic E-state index is -1.04. The summed E-state index contributed by atoms with van der Waals surface area (Å²) in [6.07, 6.45) is 1.96. The standard InChI is InChI=1S/C19H16N4O4/c1-11(18(25)23-13-7-5-12(6-8-13)17(20)24)27-19(26)14-3-2-4-15-16(14)22-10-9-21-15/h2-11H,1H3,(H2,20,24)(H,23,25). The average molecular weight is 364 g/mol. The molecule has 3 N–H and O–H groups in total. The second-order valence-corrected chi connectivity index (χ2v) is 5.71. The maximum Gasteiger partial charge on any atom is 0.341 e. The van der Waals surface area contributed by atoms with Gasteiger partial charge in [-0.2, -0.15) is 0 Å². The van der Waals surface area contributed by atoms with Crippen molar-refractivity contribution in [3.05, 3.63) is 66.0 Å². The second kappa shape index (κ2) is 7.61. The van der Waals surface area contributed by atoms with Crippen LogP contribution < -0.4 is 11.1 Å². The average Bonchev–Trinajstić information content (AvgIpc) is 2.67. The van der Waals surface area contributed by atoms with E-state index in [1.807, 2.05) is 0 Å². The zero-order valence-electron chi connectivity index (χ0n) is 14.4. The number of nitrogens with one attached hydrogen (secondary N) is 1. The molecule has 1 atom stereocenters. The number of ether oxygens (including phenoxy) is 1. The molecule has 136 valence electrons. The molecule has 3 aromatic rings. The Kier molecular flexibility index (Phi) is 5.07. The Labute approximate surface area is 154 Å². The van der Waals surface area contributed by atoms with E-state index in [1.54, 1.807) is 18.2 Å². The number of hydrogen-bond donors (Lipinski definition) is 2. The van der Waals surface area contributed by atoms with Crippen molar-refractivity contribution in [3.8, 4) is 0 Å². The first-order chi connectivity index (χ1) is 13.0. The Bertz CT molecular complexity index is 1010. The maximum atomic E-state index is 12.4. The van der Waals surface area contributed by atoms with E-state index < -0.39 is 23.9 Å². The Morgan fingerprint density at radius 3 is 2.44 bits per heavy atom. The summed E-state index contributed by atoms with van der Waals surface area (Å²) < 4.78 is 5.25. The van der Waals surface area contributed by atoms with E-state index in [-0.39, 0.29) is 5.56 Å². The van der Waals surface area contributed by atoms with Crippen molar-refractivity contribution in [3.63, 3.8) is 0 Å². The molecule has 0 saturated carbocycles. The van der Waals surface area contributed by atoms with E-state index in [0.717, 1.165) is 0 Å². The maximum absolute atomic E-state index is 12.4. The summed E-state index contributed by atoms with van der Waals surface area (Å²) >= 11 is 0. The van der Waals surface area contributed by atoms with Gasteiger partial charge in [0.25, 0.3) is 5.91 Å². The first-order valence-electron chi connectivity index (χ1n) is 8.07. The molecule has 2 aromatic carbocycles. The number of rotatable bonds is 5. The van der Waals surface area contributed by atoms with Gasteiger partial charge in [-0.15, -0.1) is 0 Å². The quantitative estimate of drug-likeness (QED) is 0.667. The monoisotopic (exact) mass is 364 g/mol. The molecule has 2 amide bonds. The fraction of sp³-hybridized carbons (Fsp3) is 0.105. The Hall–Kier alpha value is -3.81. The van der Waals surface area contributed by atoms with Crippen LogP contribution in [0, 0.1) is 0 Å². The number of para-hydroxylation sites is 1. The van der Waals surface area contributed by atoms with Gasteiger partial charge in [-0.1, -0.05) is 6.07 Å². The number of nitrogens with two attached hydrogens (primary N) is 1. The predicted molar refractivity (Wildman–Crippen MR) is 98.0 cm³/mol. The van der Waals surface area contributed by atoms with Crippen LogP contribution in [0.25, 0.3) is 11.0 Å². The summed E-state index contributed by atoms with van der Waals surface area (Å²) in [4.78, 5) is 44.0. The van der Waals surface area contributed by atoms with Crippen LogP contribution in [0.5, 0.6) is 0 Å². The molecule has 0 aliphatic carbocycles. The van der Waals surface area contributed by atoms with Gasteiger partial charge in [0.2, 0.25) is 5.91 Å². The molecule has 0 fully saturated rings. The van der Waals surface area contributed by atoms with Crippen LogP contribution in [0.4, 0.5) is 5.69 Å². The molecule has 0 radical (unpaired) electrons. The van der Waals surface area contributed by atoms with E-state index in [1.165, 1.54) is 43.6 Å². The number of carbonyl (C=O) groups is 3. The number of benzene rings is 2. The fourth-order valence-electron chi connectivity index (χ4n) is 2.40. The lowest BCUT2D eigenvalue weighted by atomic mass is 10.1. The normalized spacial score (nSPS) is 11.6. The van der Waals surface area contributed by atoms with E-state index in [4.69, 9.17) is 10.5 Å². The van der Waals surface area contributed by atoms with Crippen molar-refractivity contribution in [2.45, 2.75) is 13.0 Å². The number of esters is 1. The zero-order chi connectivity index (χ0) is 19.4. The van der Waals surface area contributed by atoms with Crippen molar-refractivity contribution in [1.29, 1.82) is 0 Å². The van der Waals surface area contributed by atoms with Crippen LogP contribution in [0.3, 0.4) is 0 Å². The summed E-state index contributed by atoms with van der Waals surface area (Å²) in [5.41, 5.74) is 7.13. The van der Waals surface area contributed by atoms with Crippen LogP contribution in [0.15, 0.2) is 54.9 Å².